The monoisotopic (exact) mass is 384 g/mol. The van der Waals surface area contributed by atoms with Gasteiger partial charge in [0.15, 0.2) is 0 Å². The lowest BCUT2D eigenvalue weighted by atomic mass is 10.3. The van der Waals surface area contributed by atoms with Crippen LogP contribution in [0.25, 0.3) is 0 Å². The molecule has 4 nitrogen and oxygen atoms in total. The maximum Gasteiger partial charge on any atom is 0.243 e. The number of thioether (sulfide) groups is 1. The second kappa shape index (κ2) is 7.63. The van der Waals surface area contributed by atoms with Crippen LogP contribution in [0, 0.1) is 5.82 Å². The van der Waals surface area contributed by atoms with Crippen LogP contribution in [-0.2, 0) is 10.0 Å². The van der Waals surface area contributed by atoms with Gasteiger partial charge in [0.25, 0.3) is 0 Å². The fraction of sp³-hybridized carbons (Fsp3) is 0.500. The molecule has 1 unspecified atom stereocenters. The van der Waals surface area contributed by atoms with Gasteiger partial charge in [-0.25, -0.2) is 17.5 Å². The molecule has 1 aromatic rings. The molecule has 0 aliphatic carbocycles. The van der Waals surface area contributed by atoms with Crippen molar-refractivity contribution in [1.29, 1.82) is 0 Å². The highest BCUT2D eigenvalue weighted by molar-refractivity contribution is 9.10. The van der Waals surface area contributed by atoms with Crippen molar-refractivity contribution >= 4 is 43.4 Å². The van der Waals surface area contributed by atoms with E-state index in [1.807, 2.05) is 6.92 Å². The van der Waals surface area contributed by atoms with Crippen molar-refractivity contribution in [3.8, 4) is 0 Å². The number of rotatable bonds is 7. The van der Waals surface area contributed by atoms with E-state index in [9.17, 15) is 12.8 Å². The van der Waals surface area contributed by atoms with E-state index < -0.39 is 20.7 Å². The lowest BCUT2D eigenvalue weighted by molar-refractivity contribution is 0.540. The average molecular weight is 385 g/mol. The lowest BCUT2D eigenvalue weighted by Crippen LogP contribution is -2.33. The summed E-state index contributed by atoms with van der Waals surface area (Å²) < 4.78 is 40.8. The molecule has 0 aliphatic heterocycles. The number of anilines is 1. The van der Waals surface area contributed by atoms with E-state index in [-0.39, 0.29) is 11.7 Å². The quantitative estimate of drug-likeness (QED) is 0.559. The van der Waals surface area contributed by atoms with Crippen LogP contribution in [0.15, 0.2) is 21.5 Å². The predicted octanol–water partition coefficient (Wildman–Crippen LogP) is 2.98. The van der Waals surface area contributed by atoms with Gasteiger partial charge in [0.1, 0.15) is 10.7 Å². The maximum atomic E-state index is 13.8. The normalized spacial score (nSPS) is 13.4. The van der Waals surface area contributed by atoms with Crippen LogP contribution in [0.4, 0.5) is 10.1 Å². The van der Waals surface area contributed by atoms with Gasteiger partial charge in [-0.2, -0.15) is 11.8 Å². The van der Waals surface area contributed by atoms with Crippen LogP contribution in [0.5, 0.6) is 0 Å². The molecule has 1 aromatic carbocycles. The van der Waals surface area contributed by atoms with Gasteiger partial charge < -0.3 is 5.73 Å². The van der Waals surface area contributed by atoms with Crippen LogP contribution >= 0.6 is 27.7 Å². The molecule has 0 heterocycles. The molecule has 20 heavy (non-hydrogen) atoms. The van der Waals surface area contributed by atoms with Crippen LogP contribution < -0.4 is 10.5 Å². The van der Waals surface area contributed by atoms with Crippen molar-refractivity contribution in [2.45, 2.75) is 31.2 Å². The minimum Gasteiger partial charge on any atom is -0.398 e. The molecule has 0 saturated heterocycles. The Morgan fingerprint density at radius 3 is 2.75 bits per heavy atom. The van der Waals surface area contributed by atoms with Gasteiger partial charge in [-0.1, -0.05) is 6.92 Å². The number of nitrogens with one attached hydrogen (secondary N) is 1. The third-order valence-electron chi connectivity index (χ3n) is 2.60. The molecule has 8 heteroatoms. The zero-order valence-electron chi connectivity index (χ0n) is 11.3. The zero-order valence-corrected chi connectivity index (χ0v) is 14.5. The van der Waals surface area contributed by atoms with Crippen molar-refractivity contribution in [3.63, 3.8) is 0 Å². The number of nitrogens with two attached hydrogens (primary N) is 1. The summed E-state index contributed by atoms with van der Waals surface area (Å²) in [6.45, 7) is 3.80. The van der Waals surface area contributed by atoms with Gasteiger partial charge in [0.05, 0.1) is 0 Å². The fourth-order valence-corrected chi connectivity index (χ4v) is 4.04. The Balaban J connectivity index is 2.86. The molecule has 0 aliphatic rings. The summed E-state index contributed by atoms with van der Waals surface area (Å²) in [7, 11) is -3.90. The first-order valence-corrected chi connectivity index (χ1v) is 9.55. The Morgan fingerprint density at radius 2 is 2.15 bits per heavy atom. The summed E-state index contributed by atoms with van der Waals surface area (Å²) >= 11 is 4.79. The molecule has 0 bridgehead atoms. The van der Waals surface area contributed by atoms with Gasteiger partial charge >= 0.3 is 0 Å². The van der Waals surface area contributed by atoms with Gasteiger partial charge in [-0.05, 0) is 52.9 Å². The summed E-state index contributed by atoms with van der Waals surface area (Å²) in [5.74, 6) is 1.01. The zero-order chi connectivity index (χ0) is 15.3. The minimum atomic E-state index is -3.90. The number of hydrogen-bond donors (Lipinski definition) is 2. The average Bonchev–Trinajstić information content (AvgIpc) is 2.33. The van der Waals surface area contributed by atoms with Crippen molar-refractivity contribution in [2.24, 2.45) is 0 Å². The van der Waals surface area contributed by atoms with Gasteiger partial charge in [-0.15, -0.1) is 0 Å². The number of halogens is 2. The van der Waals surface area contributed by atoms with E-state index in [0.29, 0.717) is 10.9 Å². The third kappa shape index (κ3) is 4.91. The molecule has 1 atom stereocenters. The van der Waals surface area contributed by atoms with Crippen LogP contribution in [-0.4, -0.2) is 26.0 Å². The molecule has 0 amide bonds. The highest BCUT2D eigenvalue weighted by Crippen LogP contribution is 2.26. The summed E-state index contributed by atoms with van der Waals surface area (Å²) in [6, 6.07) is 1.92. The Morgan fingerprint density at radius 1 is 1.50 bits per heavy atom. The highest BCUT2D eigenvalue weighted by atomic mass is 79.9. The summed E-state index contributed by atoms with van der Waals surface area (Å²) in [6.07, 6.45) is 0.686. The molecule has 0 saturated carbocycles. The Hall–Kier alpha value is -0.310. The molecule has 0 fully saturated rings. The smallest absolute Gasteiger partial charge is 0.243 e. The van der Waals surface area contributed by atoms with Crippen molar-refractivity contribution in [2.75, 3.05) is 17.2 Å². The number of benzene rings is 1. The number of nitrogen functional groups attached to an aromatic ring is 1. The molecule has 3 N–H and O–H groups in total. The Labute approximate surface area is 131 Å². The Kier molecular flexibility index (Phi) is 6.77. The number of hydrogen-bond acceptors (Lipinski definition) is 4. The second-order valence-corrected chi connectivity index (χ2v) is 8.24. The summed E-state index contributed by atoms with van der Waals surface area (Å²) in [5, 5.41) is 0. The van der Waals surface area contributed by atoms with E-state index in [1.165, 1.54) is 0 Å². The van der Waals surface area contributed by atoms with Gasteiger partial charge in [0, 0.05) is 16.2 Å². The van der Waals surface area contributed by atoms with Gasteiger partial charge in [-0.3, -0.25) is 0 Å². The summed E-state index contributed by atoms with van der Waals surface area (Å²) in [5.41, 5.74) is 5.79. The van der Waals surface area contributed by atoms with E-state index in [0.717, 1.165) is 23.6 Å². The van der Waals surface area contributed by atoms with E-state index in [4.69, 9.17) is 5.73 Å². The van der Waals surface area contributed by atoms with Crippen molar-refractivity contribution < 1.29 is 12.8 Å². The SMILES string of the molecule is CCSCCC(C)NS(=O)(=O)c1cc(N)c(Br)cc1F. The largest absolute Gasteiger partial charge is 0.398 e. The topological polar surface area (TPSA) is 72.2 Å². The van der Waals surface area contributed by atoms with Crippen LogP contribution in [0.2, 0.25) is 0 Å². The maximum absolute atomic E-state index is 13.8. The minimum absolute atomic E-state index is 0.181. The molecule has 0 radical (unpaired) electrons. The second-order valence-electron chi connectivity index (χ2n) is 4.31. The lowest BCUT2D eigenvalue weighted by Gasteiger charge is -2.15. The molecule has 114 valence electrons. The van der Waals surface area contributed by atoms with E-state index in [2.05, 4.69) is 20.7 Å². The fourth-order valence-electron chi connectivity index (χ4n) is 1.54. The van der Waals surface area contributed by atoms with Crippen molar-refractivity contribution in [3.05, 3.63) is 22.4 Å². The third-order valence-corrected chi connectivity index (χ3v) is 5.82. The Bertz CT molecular complexity index is 567. The first-order chi connectivity index (χ1) is 9.27. The van der Waals surface area contributed by atoms with E-state index >= 15 is 0 Å². The molecule has 0 spiro atoms. The van der Waals surface area contributed by atoms with Gasteiger partial charge in [0.2, 0.25) is 10.0 Å². The highest BCUT2D eigenvalue weighted by Gasteiger charge is 2.22. The van der Waals surface area contributed by atoms with Crippen LogP contribution in [0.3, 0.4) is 0 Å². The molecular formula is C12H18BrFN2O2S2. The van der Waals surface area contributed by atoms with Crippen LogP contribution in [0.1, 0.15) is 20.3 Å². The van der Waals surface area contributed by atoms with E-state index in [1.54, 1.807) is 18.7 Å². The first kappa shape index (κ1) is 17.7. The predicted molar refractivity (Wildman–Crippen MR) is 85.9 cm³/mol. The number of sulfonamides is 1. The van der Waals surface area contributed by atoms with Crippen molar-refractivity contribution in [1.82, 2.24) is 4.72 Å². The first-order valence-electron chi connectivity index (χ1n) is 6.12. The molecule has 0 aromatic heterocycles. The molecule has 1 rings (SSSR count). The molecular weight excluding hydrogens is 367 g/mol. The standard InChI is InChI=1S/C12H18BrFN2O2S2/c1-3-19-5-4-8(2)16-20(17,18)12-7-11(15)9(13)6-10(12)14/h6-8,16H,3-5,15H2,1-2H3. The summed E-state index contributed by atoms with van der Waals surface area (Å²) in [4.78, 5) is -0.423.